The van der Waals surface area contributed by atoms with Gasteiger partial charge in [0.05, 0.1) is 11.1 Å². The van der Waals surface area contributed by atoms with Gasteiger partial charge in [-0.2, -0.15) is 4.39 Å². The average molecular weight is 402 g/mol. The zero-order chi connectivity index (χ0) is 20.9. The van der Waals surface area contributed by atoms with E-state index in [4.69, 9.17) is 0 Å². The Balaban J connectivity index is 1.72. The second-order valence-electron chi connectivity index (χ2n) is 7.43. The molecule has 0 N–H and O–H groups in total. The topological polar surface area (TPSA) is 66.4 Å². The van der Waals surface area contributed by atoms with Crippen LogP contribution < -0.4 is 0 Å². The van der Waals surface area contributed by atoms with E-state index in [2.05, 4.69) is 16.9 Å². The maximum Gasteiger partial charge on any atom is 0.257 e. The van der Waals surface area contributed by atoms with Crippen molar-refractivity contribution in [2.45, 2.75) is 19.0 Å². The van der Waals surface area contributed by atoms with Gasteiger partial charge in [-0.3, -0.25) is 14.6 Å². The molecule has 0 radical (unpaired) electrons. The molecule has 0 aliphatic carbocycles. The Kier molecular flexibility index (Phi) is 4.13. The van der Waals surface area contributed by atoms with Gasteiger partial charge in [0, 0.05) is 42.8 Å². The van der Waals surface area contributed by atoms with Crippen LogP contribution in [0.4, 0.5) is 4.39 Å². The number of amides is 2. The Labute approximate surface area is 173 Å². The molecule has 5 rings (SSSR count). The van der Waals surface area contributed by atoms with Crippen molar-refractivity contribution >= 4 is 11.8 Å². The lowest BCUT2D eigenvalue weighted by atomic mass is 9.90. The minimum Gasteiger partial charge on any atom is -0.306 e. The van der Waals surface area contributed by atoms with E-state index in [9.17, 15) is 14.0 Å². The summed E-state index contributed by atoms with van der Waals surface area (Å²) in [5.41, 5.74) is 2.39. The number of aromatic nitrogens is 2. The smallest absolute Gasteiger partial charge is 0.257 e. The van der Waals surface area contributed by atoms with Gasteiger partial charge in [0.2, 0.25) is 5.95 Å². The van der Waals surface area contributed by atoms with Crippen LogP contribution in [0, 0.1) is 5.95 Å². The Bertz CT molecular complexity index is 1150. The number of pyridine rings is 2. The number of hydrogen-bond donors (Lipinski definition) is 0. The number of rotatable bonds is 3. The summed E-state index contributed by atoms with van der Waals surface area (Å²) in [5.74, 6) is -1.08. The van der Waals surface area contributed by atoms with E-state index in [1.54, 1.807) is 28.3 Å². The highest BCUT2D eigenvalue weighted by molar-refractivity contribution is 6.03. The zero-order valence-corrected chi connectivity index (χ0v) is 16.4. The molecule has 2 aromatic heterocycles. The fraction of sp³-hybridized carbons (Fsp3) is 0.217. The van der Waals surface area contributed by atoms with E-state index >= 15 is 0 Å². The molecule has 1 fully saturated rings. The monoisotopic (exact) mass is 402 g/mol. The third-order valence-corrected chi connectivity index (χ3v) is 5.98. The molecular weight excluding hydrogens is 383 g/mol. The van der Waals surface area contributed by atoms with Gasteiger partial charge in [-0.1, -0.05) is 31.2 Å². The van der Waals surface area contributed by atoms with Crippen molar-refractivity contribution in [2.75, 3.05) is 13.1 Å². The van der Waals surface area contributed by atoms with Crippen LogP contribution in [0.1, 0.15) is 44.3 Å². The SMILES string of the molecule is CCc1ccc(C23c4cnccc4C(=O)N2CCN3C(=O)c2ccc(F)nc2)cc1. The Morgan fingerprint density at radius 2 is 1.90 bits per heavy atom. The minimum atomic E-state index is -1.08. The molecule has 30 heavy (non-hydrogen) atoms. The van der Waals surface area contributed by atoms with E-state index in [1.807, 2.05) is 24.3 Å². The van der Waals surface area contributed by atoms with Gasteiger partial charge >= 0.3 is 0 Å². The minimum absolute atomic E-state index is 0.125. The summed E-state index contributed by atoms with van der Waals surface area (Å²) in [7, 11) is 0. The standard InChI is InChI=1S/C23H19FN4O2/c1-2-15-3-6-17(7-4-15)23-19-14-25-10-9-18(19)22(30)28(23)12-11-27(23)21(29)16-5-8-20(24)26-13-16/h3-10,13-14H,2,11-12H2,1H3. The number of carbonyl (C=O) groups excluding carboxylic acids is 2. The van der Waals surface area contributed by atoms with E-state index in [0.29, 0.717) is 24.2 Å². The van der Waals surface area contributed by atoms with Crippen molar-refractivity contribution < 1.29 is 14.0 Å². The summed E-state index contributed by atoms with van der Waals surface area (Å²) in [6, 6.07) is 12.2. The molecule has 1 saturated heterocycles. The summed E-state index contributed by atoms with van der Waals surface area (Å²) in [4.78, 5) is 38.0. The summed E-state index contributed by atoms with van der Waals surface area (Å²) >= 11 is 0. The first-order chi connectivity index (χ1) is 14.6. The van der Waals surface area contributed by atoms with E-state index in [0.717, 1.165) is 17.5 Å². The van der Waals surface area contributed by atoms with Crippen LogP contribution in [0.25, 0.3) is 0 Å². The fourth-order valence-electron chi connectivity index (χ4n) is 4.56. The molecule has 1 unspecified atom stereocenters. The summed E-state index contributed by atoms with van der Waals surface area (Å²) in [5, 5.41) is 0. The zero-order valence-electron chi connectivity index (χ0n) is 16.4. The number of carbonyl (C=O) groups is 2. The number of benzene rings is 1. The van der Waals surface area contributed by atoms with Gasteiger partial charge in [0.1, 0.15) is 0 Å². The van der Waals surface area contributed by atoms with E-state index < -0.39 is 11.6 Å². The largest absolute Gasteiger partial charge is 0.306 e. The lowest BCUT2D eigenvalue weighted by Gasteiger charge is -2.40. The molecule has 2 amide bonds. The number of fused-ring (bicyclic) bond motifs is 3. The number of hydrogen-bond acceptors (Lipinski definition) is 4. The van der Waals surface area contributed by atoms with Crippen LogP contribution >= 0.6 is 0 Å². The summed E-state index contributed by atoms with van der Waals surface area (Å²) in [6.07, 6.45) is 5.37. The Hall–Kier alpha value is -3.61. The Morgan fingerprint density at radius 3 is 2.60 bits per heavy atom. The molecule has 2 aliphatic rings. The van der Waals surface area contributed by atoms with Crippen molar-refractivity contribution in [3.63, 3.8) is 0 Å². The number of aryl methyl sites for hydroxylation is 1. The van der Waals surface area contributed by atoms with Gasteiger partial charge in [-0.05, 0) is 30.2 Å². The lowest BCUT2D eigenvalue weighted by molar-refractivity contribution is 0.0374. The fourth-order valence-corrected chi connectivity index (χ4v) is 4.56. The lowest BCUT2D eigenvalue weighted by Crippen LogP contribution is -2.51. The quantitative estimate of drug-likeness (QED) is 0.632. The van der Waals surface area contributed by atoms with Gasteiger partial charge < -0.3 is 9.80 Å². The van der Waals surface area contributed by atoms with Gasteiger partial charge in [-0.15, -0.1) is 0 Å². The van der Waals surface area contributed by atoms with Crippen molar-refractivity contribution in [2.24, 2.45) is 0 Å². The molecule has 0 spiro atoms. The first kappa shape index (κ1) is 18.4. The maximum atomic E-state index is 13.5. The second kappa shape index (κ2) is 6.73. The number of nitrogens with zero attached hydrogens (tertiary/aromatic N) is 4. The first-order valence-electron chi connectivity index (χ1n) is 9.86. The molecule has 1 atom stereocenters. The molecule has 0 bridgehead atoms. The predicted molar refractivity (Wildman–Crippen MR) is 107 cm³/mol. The van der Waals surface area contributed by atoms with E-state index in [1.165, 1.54) is 18.3 Å². The number of halogens is 1. The molecule has 1 aromatic carbocycles. The summed E-state index contributed by atoms with van der Waals surface area (Å²) < 4.78 is 13.3. The van der Waals surface area contributed by atoms with Crippen molar-refractivity contribution in [3.05, 3.63) is 94.8 Å². The molecule has 2 aliphatic heterocycles. The molecule has 3 aromatic rings. The van der Waals surface area contributed by atoms with Crippen molar-refractivity contribution in [3.8, 4) is 0 Å². The van der Waals surface area contributed by atoms with Crippen molar-refractivity contribution in [1.82, 2.24) is 19.8 Å². The van der Waals surface area contributed by atoms with Gasteiger partial charge in [0.25, 0.3) is 11.8 Å². The van der Waals surface area contributed by atoms with Crippen molar-refractivity contribution in [1.29, 1.82) is 0 Å². The molecule has 6 nitrogen and oxygen atoms in total. The van der Waals surface area contributed by atoms with Gasteiger partial charge in [-0.25, -0.2) is 4.98 Å². The predicted octanol–water partition coefficient (Wildman–Crippen LogP) is 2.99. The van der Waals surface area contributed by atoms with Crippen LogP contribution in [-0.2, 0) is 12.1 Å². The average Bonchev–Trinajstić information content (AvgIpc) is 3.30. The Morgan fingerprint density at radius 1 is 1.10 bits per heavy atom. The van der Waals surface area contributed by atoms with Crippen LogP contribution in [0.3, 0.4) is 0 Å². The third-order valence-electron chi connectivity index (χ3n) is 5.98. The highest BCUT2D eigenvalue weighted by atomic mass is 19.1. The third kappa shape index (κ3) is 2.41. The van der Waals surface area contributed by atoms with E-state index in [-0.39, 0.29) is 17.4 Å². The highest BCUT2D eigenvalue weighted by Gasteiger charge is 2.59. The molecule has 4 heterocycles. The normalized spacial score (nSPS) is 19.7. The van der Waals surface area contributed by atoms with Crippen LogP contribution in [0.2, 0.25) is 0 Å². The van der Waals surface area contributed by atoms with Gasteiger partial charge in [0.15, 0.2) is 5.66 Å². The summed E-state index contributed by atoms with van der Waals surface area (Å²) in [6.45, 7) is 2.82. The van der Waals surface area contributed by atoms with Crippen LogP contribution in [0.15, 0.2) is 61.1 Å². The molecule has 0 saturated carbocycles. The molecule has 7 heteroatoms. The highest BCUT2D eigenvalue weighted by Crippen LogP contribution is 2.49. The molecular formula is C23H19FN4O2. The van der Waals surface area contributed by atoms with Crippen LogP contribution in [0.5, 0.6) is 0 Å². The van der Waals surface area contributed by atoms with Crippen LogP contribution in [-0.4, -0.2) is 44.7 Å². The maximum absolute atomic E-state index is 13.5. The second-order valence-corrected chi connectivity index (χ2v) is 7.43. The molecule has 150 valence electrons. The first-order valence-corrected chi connectivity index (χ1v) is 9.86.